The fourth-order valence-corrected chi connectivity index (χ4v) is 5.20. The molecule has 28 heavy (non-hydrogen) atoms. The van der Waals surface area contributed by atoms with Gasteiger partial charge in [0.25, 0.3) is 0 Å². The van der Waals surface area contributed by atoms with Crippen LogP contribution in [0, 0.1) is 0 Å². The summed E-state index contributed by atoms with van der Waals surface area (Å²) in [5, 5.41) is 0. The van der Waals surface area contributed by atoms with Crippen LogP contribution in [-0.4, -0.2) is 0 Å². The van der Waals surface area contributed by atoms with Gasteiger partial charge in [0.15, 0.2) is 0 Å². The van der Waals surface area contributed by atoms with Crippen molar-refractivity contribution in [3.63, 3.8) is 0 Å². The predicted molar refractivity (Wildman–Crippen MR) is 117 cm³/mol. The van der Waals surface area contributed by atoms with Gasteiger partial charge in [-0.3, -0.25) is 0 Å². The summed E-state index contributed by atoms with van der Waals surface area (Å²) in [6.45, 7) is 0. The smallest absolute Gasteiger partial charge is 0.144 e. The van der Waals surface area contributed by atoms with Crippen molar-refractivity contribution in [1.29, 1.82) is 0 Å². The van der Waals surface area contributed by atoms with Crippen molar-refractivity contribution in [2.75, 3.05) is 0 Å². The van der Waals surface area contributed by atoms with Crippen molar-refractivity contribution in [3.05, 3.63) is 82.6 Å². The molecule has 0 saturated carbocycles. The van der Waals surface area contributed by atoms with Gasteiger partial charge in [0, 0.05) is 20.9 Å². The quantitative estimate of drug-likeness (QED) is 0.258. The van der Waals surface area contributed by atoms with Gasteiger partial charge in [-0.15, -0.1) is 22.7 Å². The first kappa shape index (κ1) is 15.9. The summed E-state index contributed by atoms with van der Waals surface area (Å²) in [5.74, 6) is 3.47. The van der Waals surface area contributed by atoms with Crippen molar-refractivity contribution in [3.8, 4) is 43.9 Å². The molecule has 4 heteroatoms. The SMILES string of the molecule is C1=C\c2ccc(s2)-c2ccc(o2)-c2ccccc2-c2ccc(o2)-c2ccc/1s2. The van der Waals surface area contributed by atoms with E-state index in [2.05, 4.69) is 48.6 Å². The second-order valence-electron chi connectivity index (χ2n) is 6.61. The summed E-state index contributed by atoms with van der Waals surface area (Å²) < 4.78 is 12.5. The van der Waals surface area contributed by atoms with Crippen molar-refractivity contribution in [2.45, 2.75) is 0 Å². The Morgan fingerprint density at radius 1 is 0.464 bits per heavy atom. The highest BCUT2D eigenvalue weighted by Crippen LogP contribution is 2.40. The molecule has 5 heterocycles. The summed E-state index contributed by atoms with van der Waals surface area (Å²) in [6.07, 6.45) is 4.31. The number of furan rings is 2. The number of hydrogen-bond acceptors (Lipinski definition) is 4. The van der Waals surface area contributed by atoms with E-state index in [9.17, 15) is 0 Å². The third kappa shape index (κ3) is 2.61. The fraction of sp³-hybridized carbons (Fsp3) is 0. The van der Waals surface area contributed by atoms with Crippen molar-refractivity contribution in [2.24, 2.45) is 0 Å². The van der Waals surface area contributed by atoms with Crippen molar-refractivity contribution in [1.82, 2.24) is 0 Å². The van der Waals surface area contributed by atoms with E-state index in [0.717, 1.165) is 43.9 Å². The molecule has 4 aromatic heterocycles. The monoisotopic (exact) mass is 398 g/mol. The Hall–Kier alpha value is -3.08. The third-order valence-corrected chi connectivity index (χ3v) is 6.95. The molecule has 0 saturated heterocycles. The second-order valence-corrected chi connectivity index (χ2v) is 8.84. The van der Waals surface area contributed by atoms with Gasteiger partial charge in [0.2, 0.25) is 0 Å². The molecule has 0 amide bonds. The minimum atomic E-state index is 0.847. The molecule has 6 rings (SSSR count). The van der Waals surface area contributed by atoms with Crippen molar-refractivity contribution >= 4 is 34.8 Å². The van der Waals surface area contributed by atoms with Crippen LogP contribution in [-0.2, 0) is 0 Å². The molecule has 8 bridgehead atoms. The second kappa shape index (κ2) is 6.23. The van der Waals surface area contributed by atoms with Crippen LogP contribution in [0.5, 0.6) is 0 Å². The normalized spacial score (nSPS) is 13.3. The zero-order valence-electron chi connectivity index (χ0n) is 14.7. The van der Waals surface area contributed by atoms with Gasteiger partial charge in [-0.2, -0.15) is 0 Å². The molecule has 0 fully saturated rings. The Kier molecular flexibility index (Phi) is 3.54. The molecule has 0 atom stereocenters. The molecule has 5 aromatic rings. The summed E-state index contributed by atoms with van der Waals surface area (Å²) in [7, 11) is 0. The average molecular weight is 399 g/mol. The van der Waals surface area contributed by atoms with Gasteiger partial charge >= 0.3 is 0 Å². The van der Waals surface area contributed by atoms with E-state index in [1.807, 2.05) is 36.4 Å². The lowest BCUT2D eigenvalue weighted by Gasteiger charge is -2.05. The van der Waals surface area contributed by atoms with E-state index in [-0.39, 0.29) is 0 Å². The molecule has 0 radical (unpaired) electrons. The van der Waals surface area contributed by atoms with E-state index >= 15 is 0 Å². The Morgan fingerprint density at radius 3 is 1.43 bits per heavy atom. The lowest BCUT2D eigenvalue weighted by atomic mass is 10.0. The largest absolute Gasteiger partial charge is 0.455 e. The standard InChI is InChI=1S/C24H14O2S2/c1-2-4-18-17(3-1)19-9-11-21(25-19)23-13-7-15(27-23)5-6-16-8-14-24(28-16)22-12-10-20(18)26-22/h1-14H/b6-5-,15-5?,16-6?,19-17?,20-18?,23-21?,24-22?. The van der Waals surface area contributed by atoms with E-state index < -0.39 is 0 Å². The summed E-state index contributed by atoms with van der Waals surface area (Å²) >= 11 is 3.47. The summed E-state index contributed by atoms with van der Waals surface area (Å²) in [4.78, 5) is 4.66. The number of thiophene rings is 2. The number of fused-ring (bicyclic) bond motifs is 13. The summed E-state index contributed by atoms with van der Waals surface area (Å²) in [6, 6.07) is 24.9. The van der Waals surface area contributed by atoms with Gasteiger partial charge in [-0.05, 0) is 60.7 Å². The molecule has 0 aliphatic carbocycles. The molecule has 0 N–H and O–H groups in total. The molecule has 1 aliphatic rings. The lowest BCUT2D eigenvalue weighted by molar-refractivity contribution is 0.592. The minimum Gasteiger partial charge on any atom is -0.455 e. The minimum absolute atomic E-state index is 0.847. The first-order valence-corrected chi connectivity index (χ1v) is 10.6. The van der Waals surface area contributed by atoms with Crippen LogP contribution in [0.25, 0.3) is 56.1 Å². The van der Waals surface area contributed by atoms with Crippen LogP contribution in [0.4, 0.5) is 0 Å². The number of hydrogen-bond donors (Lipinski definition) is 0. The van der Waals surface area contributed by atoms with Crippen LogP contribution in [0.1, 0.15) is 9.75 Å². The van der Waals surface area contributed by atoms with E-state index in [1.165, 1.54) is 9.75 Å². The van der Waals surface area contributed by atoms with Crippen molar-refractivity contribution < 1.29 is 8.83 Å². The Morgan fingerprint density at radius 2 is 0.929 bits per heavy atom. The maximum Gasteiger partial charge on any atom is 0.144 e. The van der Waals surface area contributed by atoms with E-state index in [4.69, 9.17) is 8.83 Å². The molecule has 1 aliphatic heterocycles. The van der Waals surface area contributed by atoms with Crippen LogP contribution in [0.15, 0.2) is 81.6 Å². The first-order chi connectivity index (χ1) is 13.8. The van der Waals surface area contributed by atoms with Crippen LogP contribution in [0.3, 0.4) is 0 Å². The van der Waals surface area contributed by atoms with Gasteiger partial charge in [-0.25, -0.2) is 0 Å². The average Bonchev–Trinajstić information content (AvgIpc) is 3.52. The molecule has 0 spiro atoms. The van der Waals surface area contributed by atoms with Gasteiger partial charge in [0.05, 0.1) is 9.75 Å². The molecule has 2 nitrogen and oxygen atoms in total. The first-order valence-electron chi connectivity index (χ1n) is 9.01. The highest BCUT2D eigenvalue weighted by Gasteiger charge is 2.16. The fourth-order valence-electron chi connectivity index (χ4n) is 3.46. The van der Waals surface area contributed by atoms with E-state index in [1.54, 1.807) is 22.7 Å². The van der Waals surface area contributed by atoms with Gasteiger partial charge < -0.3 is 8.83 Å². The Balaban J connectivity index is 1.60. The molecular formula is C24H14O2S2. The summed E-state index contributed by atoms with van der Waals surface area (Å²) in [5.41, 5.74) is 2.07. The molecule has 0 unspecified atom stereocenters. The van der Waals surface area contributed by atoms with Gasteiger partial charge in [0.1, 0.15) is 23.0 Å². The third-order valence-electron chi connectivity index (χ3n) is 4.82. The number of rotatable bonds is 0. The van der Waals surface area contributed by atoms with E-state index in [0.29, 0.717) is 0 Å². The zero-order valence-corrected chi connectivity index (χ0v) is 16.3. The van der Waals surface area contributed by atoms with Gasteiger partial charge in [-0.1, -0.05) is 24.3 Å². The van der Waals surface area contributed by atoms with Crippen LogP contribution < -0.4 is 0 Å². The zero-order chi connectivity index (χ0) is 18.5. The predicted octanol–water partition coefficient (Wildman–Crippen LogP) is 8.15. The molecular weight excluding hydrogens is 384 g/mol. The highest BCUT2D eigenvalue weighted by atomic mass is 32.1. The highest BCUT2D eigenvalue weighted by molar-refractivity contribution is 7.17. The lowest BCUT2D eigenvalue weighted by Crippen LogP contribution is -1.81. The topological polar surface area (TPSA) is 26.3 Å². The molecule has 1 aromatic carbocycles. The Bertz CT molecular complexity index is 1220. The number of benzene rings is 1. The van der Waals surface area contributed by atoms with Crippen LogP contribution in [0.2, 0.25) is 0 Å². The molecule has 134 valence electrons. The maximum absolute atomic E-state index is 6.23. The maximum atomic E-state index is 6.23. The van der Waals surface area contributed by atoms with Crippen LogP contribution >= 0.6 is 22.7 Å². The Labute approximate surface area is 170 Å².